The minimum Gasteiger partial charge on any atom is -0.296 e. The molecule has 27 heavy (non-hydrogen) atoms. The third kappa shape index (κ3) is 4.03. The van der Waals surface area contributed by atoms with E-state index in [1.807, 2.05) is 6.92 Å². The second-order valence-electron chi connectivity index (χ2n) is 6.65. The predicted molar refractivity (Wildman–Crippen MR) is 104 cm³/mol. The monoisotopic (exact) mass is 407 g/mol. The van der Waals surface area contributed by atoms with Crippen molar-refractivity contribution in [2.45, 2.75) is 20.0 Å². The highest BCUT2D eigenvalue weighted by Crippen LogP contribution is 2.21. The maximum absolute atomic E-state index is 14.0. The average molecular weight is 408 g/mol. The molecule has 1 aliphatic heterocycles. The Morgan fingerprint density at radius 1 is 1.19 bits per heavy atom. The maximum Gasteiger partial charge on any atom is 0.275 e. The molecule has 0 amide bonds. The highest BCUT2D eigenvalue weighted by atomic mass is 35.5. The quantitative estimate of drug-likeness (QED) is 0.665. The van der Waals surface area contributed by atoms with Crippen LogP contribution < -0.4 is 5.56 Å². The molecule has 1 aromatic carbocycles. The minimum atomic E-state index is -0.261. The van der Waals surface area contributed by atoms with Crippen LogP contribution in [0.5, 0.6) is 0 Å². The van der Waals surface area contributed by atoms with Gasteiger partial charge in [-0.15, -0.1) is 0 Å². The Balaban J connectivity index is 1.39. The predicted octanol–water partition coefficient (Wildman–Crippen LogP) is 2.57. The summed E-state index contributed by atoms with van der Waals surface area (Å²) in [5.74, 6) is -0.261. The van der Waals surface area contributed by atoms with Crippen LogP contribution in [0.4, 0.5) is 4.39 Å². The van der Waals surface area contributed by atoms with Gasteiger partial charge in [0.2, 0.25) is 4.96 Å². The molecule has 0 bridgehead atoms. The van der Waals surface area contributed by atoms with Crippen LogP contribution in [0.15, 0.2) is 29.1 Å². The second kappa shape index (κ2) is 7.63. The maximum atomic E-state index is 14.0. The number of hydrogen-bond donors (Lipinski definition) is 0. The Labute approximate surface area is 164 Å². The Hall–Kier alpha value is -1.87. The molecule has 2 aromatic heterocycles. The fraction of sp³-hybridized carbons (Fsp3) is 0.389. The third-order valence-corrected chi connectivity index (χ3v) is 5.87. The van der Waals surface area contributed by atoms with Gasteiger partial charge in [0, 0.05) is 55.9 Å². The lowest BCUT2D eigenvalue weighted by molar-refractivity contribution is 0.120. The first kappa shape index (κ1) is 18.5. The van der Waals surface area contributed by atoms with Crippen molar-refractivity contribution < 1.29 is 4.39 Å². The van der Waals surface area contributed by atoms with Gasteiger partial charge in [-0.1, -0.05) is 29.0 Å². The smallest absolute Gasteiger partial charge is 0.275 e. The highest BCUT2D eigenvalue weighted by Gasteiger charge is 2.20. The summed E-state index contributed by atoms with van der Waals surface area (Å²) < 4.78 is 15.3. The van der Waals surface area contributed by atoms with E-state index in [-0.39, 0.29) is 11.4 Å². The summed E-state index contributed by atoms with van der Waals surface area (Å²) in [5.41, 5.74) is 1.16. The number of fused-ring (bicyclic) bond motifs is 1. The fourth-order valence-corrected chi connectivity index (χ4v) is 4.26. The van der Waals surface area contributed by atoms with Crippen LogP contribution in [0.25, 0.3) is 4.96 Å². The van der Waals surface area contributed by atoms with Crippen molar-refractivity contribution in [2.75, 3.05) is 26.2 Å². The van der Waals surface area contributed by atoms with E-state index in [0.29, 0.717) is 28.6 Å². The lowest BCUT2D eigenvalue weighted by Gasteiger charge is -2.34. The number of benzene rings is 1. The van der Waals surface area contributed by atoms with Crippen LogP contribution in [-0.2, 0) is 13.1 Å². The molecule has 0 spiro atoms. The summed E-state index contributed by atoms with van der Waals surface area (Å²) in [6.45, 7) is 6.27. The summed E-state index contributed by atoms with van der Waals surface area (Å²) >= 11 is 7.54. The molecule has 0 aliphatic carbocycles. The molecular weight excluding hydrogens is 389 g/mol. The van der Waals surface area contributed by atoms with E-state index in [9.17, 15) is 9.18 Å². The van der Waals surface area contributed by atoms with E-state index in [4.69, 9.17) is 11.6 Å². The van der Waals surface area contributed by atoms with Gasteiger partial charge in [-0.2, -0.15) is 9.61 Å². The lowest BCUT2D eigenvalue weighted by atomic mass is 10.2. The van der Waals surface area contributed by atoms with Crippen molar-refractivity contribution in [2.24, 2.45) is 0 Å². The van der Waals surface area contributed by atoms with Gasteiger partial charge in [0.1, 0.15) is 10.8 Å². The third-order valence-electron chi connectivity index (χ3n) is 4.69. The van der Waals surface area contributed by atoms with Gasteiger partial charge >= 0.3 is 0 Å². The first-order valence-electron chi connectivity index (χ1n) is 8.73. The zero-order valence-electron chi connectivity index (χ0n) is 14.9. The summed E-state index contributed by atoms with van der Waals surface area (Å²) in [5, 5.41) is 5.45. The Kier molecular flexibility index (Phi) is 5.23. The van der Waals surface area contributed by atoms with E-state index in [2.05, 4.69) is 19.9 Å². The molecule has 4 rings (SSSR count). The SMILES string of the molecule is Cc1nn2c(=O)cc(CN3CCN(Cc4c(F)cccc4Cl)CC3)nc2s1. The Morgan fingerprint density at radius 3 is 2.59 bits per heavy atom. The molecule has 1 saturated heterocycles. The normalized spacial score (nSPS) is 16.3. The van der Waals surface area contributed by atoms with Crippen molar-refractivity contribution >= 4 is 27.9 Å². The lowest BCUT2D eigenvalue weighted by Crippen LogP contribution is -2.45. The summed E-state index contributed by atoms with van der Waals surface area (Å²) in [4.78, 5) is 21.8. The number of rotatable bonds is 4. The number of hydrogen-bond acceptors (Lipinski definition) is 6. The molecular formula is C18H19ClFN5OS. The zero-order valence-corrected chi connectivity index (χ0v) is 16.4. The average Bonchev–Trinajstić information content (AvgIpc) is 3.01. The van der Waals surface area contributed by atoms with Crippen molar-refractivity contribution in [1.29, 1.82) is 0 Å². The number of aryl methyl sites for hydroxylation is 1. The molecule has 3 aromatic rings. The van der Waals surface area contributed by atoms with E-state index >= 15 is 0 Å². The molecule has 0 saturated carbocycles. The topological polar surface area (TPSA) is 53.7 Å². The van der Waals surface area contributed by atoms with Gasteiger partial charge in [-0.25, -0.2) is 9.37 Å². The Bertz CT molecular complexity index is 1010. The molecule has 0 radical (unpaired) electrons. The largest absolute Gasteiger partial charge is 0.296 e. The van der Waals surface area contributed by atoms with E-state index < -0.39 is 0 Å². The van der Waals surface area contributed by atoms with Gasteiger partial charge in [0.25, 0.3) is 5.56 Å². The highest BCUT2D eigenvalue weighted by molar-refractivity contribution is 7.16. The molecule has 0 N–H and O–H groups in total. The van der Waals surface area contributed by atoms with Crippen molar-refractivity contribution in [3.63, 3.8) is 0 Å². The van der Waals surface area contributed by atoms with E-state index in [1.54, 1.807) is 18.2 Å². The summed E-state index contributed by atoms with van der Waals surface area (Å²) in [6.07, 6.45) is 0. The van der Waals surface area contributed by atoms with Gasteiger partial charge in [-0.3, -0.25) is 14.6 Å². The summed E-state index contributed by atoms with van der Waals surface area (Å²) in [6, 6.07) is 6.34. The molecule has 0 unspecified atom stereocenters. The van der Waals surface area contributed by atoms with E-state index in [1.165, 1.54) is 21.9 Å². The molecule has 1 fully saturated rings. The van der Waals surface area contributed by atoms with E-state index in [0.717, 1.165) is 36.9 Å². The second-order valence-corrected chi connectivity index (χ2v) is 8.22. The first-order chi connectivity index (χ1) is 13.0. The zero-order chi connectivity index (χ0) is 19.0. The molecule has 6 nitrogen and oxygen atoms in total. The molecule has 0 atom stereocenters. The van der Waals surface area contributed by atoms with Crippen LogP contribution in [0.2, 0.25) is 5.02 Å². The van der Waals surface area contributed by atoms with Crippen LogP contribution in [-0.4, -0.2) is 50.6 Å². The molecule has 1 aliphatic rings. The van der Waals surface area contributed by atoms with Crippen molar-refractivity contribution in [3.05, 3.63) is 61.7 Å². The van der Waals surface area contributed by atoms with Gasteiger partial charge in [0.05, 0.1) is 5.69 Å². The number of aromatic nitrogens is 3. The molecule has 3 heterocycles. The van der Waals surface area contributed by atoms with Crippen molar-refractivity contribution in [3.8, 4) is 0 Å². The first-order valence-corrected chi connectivity index (χ1v) is 9.93. The molecule has 142 valence electrons. The number of piperazine rings is 1. The number of halogens is 2. The van der Waals surface area contributed by atoms with Crippen LogP contribution in [0, 0.1) is 12.7 Å². The molecule has 9 heteroatoms. The summed E-state index contributed by atoms with van der Waals surface area (Å²) in [7, 11) is 0. The van der Waals surface area contributed by atoms with Gasteiger partial charge in [-0.05, 0) is 19.1 Å². The standard InChI is InChI=1S/C18H19ClFN5OS/c1-12-22-25-17(26)9-13(21-18(25)27-12)10-23-5-7-24(8-6-23)11-14-15(19)3-2-4-16(14)20/h2-4,9H,5-8,10-11H2,1H3. The fourth-order valence-electron chi connectivity index (χ4n) is 3.27. The van der Waals surface area contributed by atoms with Gasteiger partial charge < -0.3 is 0 Å². The minimum absolute atomic E-state index is 0.146. The van der Waals surface area contributed by atoms with Crippen molar-refractivity contribution in [1.82, 2.24) is 24.4 Å². The van der Waals surface area contributed by atoms with Crippen LogP contribution in [0.1, 0.15) is 16.3 Å². The number of nitrogens with zero attached hydrogens (tertiary/aromatic N) is 5. The van der Waals surface area contributed by atoms with Crippen LogP contribution in [0.3, 0.4) is 0 Å². The van der Waals surface area contributed by atoms with Gasteiger partial charge in [0.15, 0.2) is 0 Å². The van der Waals surface area contributed by atoms with Crippen LogP contribution >= 0.6 is 22.9 Å². The Morgan fingerprint density at radius 2 is 1.89 bits per heavy atom.